The van der Waals surface area contributed by atoms with Crippen molar-refractivity contribution in [1.82, 2.24) is 0 Å². The van der Waals surface area contributed by atoms with Gasteiger partial charge in [-0.25, -0.2) is 16.8 Å². The van der Waals surface area contributed by atoms with E-state index in [-0.39, 0.29) is 22.3 Å². The predicted octanol–water partition coefficient (Wildman–Crippen LogP) is 1.88. The number of carbonyl (C=O) groups is 4. The fourth-order valence-electron chi connectivity index (χ4n) is 5.43. The number of carbonyl (C=O) groups excluding carboxylic acids is 4. The SMILES string of the molecule is Nc1c(S(=O)(=O)[O-])cc(-c2cc(S(=O)(=O)[O-])c(N)c3c2C(=O)c2ccccc2C3=O)c2c1C(=O)c1ccccc1C2=O. The van der Waals surface area contributed by atoms with Gasteiger partial charge in [-0.05, 0) is 23.3 Å². The number of nitrogens with two attached hydrogens (primary N) is 2. The molecule has 0 spiro atoms. The highest BCUT2D eigenvalue weighted by atomic mass is 32.2. The van der Waals surface area contributed by atoms with Gasteiger partial charge in [0.15, 0.2) is 23.1 Å². The molecule has 2 aliphatic carbocycles. The van der Waals surface area contributed by atoms with E-state index in [0.717, 1.165) is 0 Å². The molecule has 14 heteroatoms. The van der Waals surface area contributed by atoms with E-state index >= 15 is 0 Å². The Balaban J connectivity index is 1.85. The molecule has 12 nitrogen and oxygen atoms in total. The first kappa shape index (κ1) is 27.2. The van der Waals surface area contributed by atoms with E-state index in [1.165, 1.54) is 48.5 Å². The standard InChI is InChI=1S/C28H16N2O10S2/c29-23-17(41(35,36)37)9-15(19-21(23)27(33)13-7-3-1-5-11(13)25(19)31)16-10-18(42(38,39)40)24(30)22-20(16)26(32)12-6-2-4-8-14(12)28(22)34/h1-10H,29-30H2,(H,35,36,37)(H,38,39,40)/p-2. The average molecular weight is 603 g/mol. The number of benzene rings is 4. The molecule has 0 aliphatic heterocycles. The highest BCUT2D eigenvalue weighted by molar-refractivity contribution is 7.86. The van der Waals surface area contributed by atoms with Crippen LogP contribution < -0.4 is 11.5 Å². The summed E-state index contributed by atoms with van der Waals surface area (Å²) in [6, 6.07) is 12.1. The number of ketones is 4. The minimum atomic E-state index is -5.45. The average Bonchev–Trinajstić information content (AvgIpc) is 2.93. The lowest BCUT2D eigenvalue weighted by Crippen LogP contribution is -2.27. The smallest absolute Gasteiger partial charge is 0.196 e. The van der Waals surface area contributed by atoms with Crippen LogP contribution in [0.15, 0.2) is 70.5 Å². The van der Waals surface area contributed by atoms with Crippen molar-refractivity contribution in [2.45, 2.75) is 9.79 Å². The first-order valence-corrected chi connectivity index (χ1v) is 14.7. The third-order valence-electron chi connectivity index (χ3n) is 7.23. The van der Waals surface area contributed by atoms with E-state index in [1.54, 1.807) is 0 Å². The summed E-state index contributed by atoms with van der Waals surface area (Å²) in [4.78, 5) is 52.5. The summed E-state index contributed by atoms with van der Waals surface area (Å²) in [6.45, 7) is 0. The molecule has 2 aliphatic rings. The molecule has 0 radical (unpaired) electrons. The van der Waals surface area contributed by atoms with Crippen LogP contribution in [0.3, 0.4) is 0 Å². The molecule has 210 valence electrons. The second-order valence-corrected chi connectivity index (χ2v) is 12.2. The van der Waals surface area contributed by atoms with Crippen LogP contribution in [0.25, 0.3) is 11.1 Å². The number of hydrogen-bond acceptors (Lipinski definition) is 12. The molecule has 0 bridgehead atoms. The van der Waals surface area contributed by atoms with Gasteiger partial charge in [0.25, 0.3) is 0 Å². The van der Waals surface area contributed by atoms with Crippen molar-refractivity contribution in [1.29, 1.82) is 0 Å². The van der Waals surface area contributed by atoms with Crippen LogP contribution >= 0.6 is 0 Å². The lowest BCUT2D eigenvalue weighted by molar-refractivity contribution is 0.0978. The third kappa shape index (κ3) is 3.66. The van der Waals surface area contributed by atoms with Gasteiger partial charge in [0.2, 0.25) is 0 Å². The van der Waals surface area contributed by atoms with Gasteiger partial charge in [0.1, 0.15) is 20.2 Å². The summed E-state index contributed by atoms with van der Waals surface area (Å²) in [5.41, 5.74) is 6.01. The Morgan fingerprint density at radius 2 is 0.714 bits per heavy atom. The Kier molecular flexibility index (Phi) is 5.65. The fraction of sp³-hybridized carbons (Fsp3) is 0. The number of anilines is 2. The molecule has 0 saturated heterocycles. The minimum Gasteiger partial charge on any atom is -0.744 e. The van der Waals surface area contributed by atoms with Crippen molar-refractivity contribution in [3.8, 4) is 11.1 Å². The molecule has 4 N–H and O–H groups in total. The topological polar surface area (TPSA) is 235 Å². The Morgan fingerprint density at radius 1 is 0.452 bits per heavy atom. The summed E-state index contributed by atoms with van der Waals surface area (Å²) in [7, 11) is -10.9. The largest absolute Gasteiger partial charge is 0.744 e. The third-order valence-corrected chi connectivity index (χ3v) is 8.98. The molecule has 0 amide bonds. The van der Waals surface area contributed by atoms with Crippen LogP contribution in [0, 0.1) is 0 Å². The van der Waals surface area contributed by atoms with Crippen molar-refractivity contribution >= 4 is 54.7 Å². The van der Waals surface area contributed by atoms with Crippen molar-refractivity contribution in [2.24, 2.45) is 0 Å². The quantitative estimate of drug-likeness (QED) is 0.218. The van der Waals surface area contributed by atoms with Gasteiger partial charge in [0, 0.05) is 33.4 Å². The lowest BCUT2D eigenvalue weighted by Gasteiger charge is -2.28. The molecule has 42 heavy (non-hydrogen) atoms. The number of nitrogen functional groups attached to an aromatic ring is 2. The molecule has 4 aromatic rings. The number of rotatable bonds is 3. The molecule has 0 atom stereocenters. The Labute approximate surface area is 237 Å². The molecule has 6 rings (SSSR count). The van der Waals surface area contributed by atoms with Gasteiger partial charge in [-0.2, -0.15) is 0 Å². The van der Waals surface area contributed by atoms with Crippen molar-refractivity contribution in [3.05, 3.63) is 105 Å². The molecule has 0 unspecified atom stereocenters. The van der Waals surface area contributed by atoms with E-state index in [9.17, 15) is 45.1 Å². The lowest BCUT2D eigenvalue weighted by atomic mass is 9.75. The molecule has 0 heterocycles. The molecule has 0 saturated carbocycles. The summed E-state index contributed by atoms with van der Waals surface area (Å²) in [6.07, 6.45) is 0. The van der Waals surface area contributed by atoms with Gasteiger partial charge >= 0.3 is 0 Å². The van der Waals surface area contributed by atoms with Crippen LogP contribution in [0.5, 0.6) is 0 Å². The zero-order chi connectivity index (χ0) is 30.5. The Morgan fingerprint density at radius 3 is 0.976 bits per heavy atom. The van der Waals surface area contributed by atoms with Gasteiger partial charge < -0.3 is 20.6 Å². The van der Waals surface area contributed by atoms with Crippen LogP contribution in [-0.2, 0) is 20.2 Å². The highest BCUT2D eigenvalue weighted by Gasteiger charge is 2.40. The maximum Gasteiger partial charge on any atom is 0.196 e. The Bertz CT molecular complexity index is 2080. The van der Waals surface area contributed by atoms with Gasteiger partial charge in [-0.15, -0.1) is 0 Å². The molecular weight excluding hydrogens is 588 g/mol. The van der Waals surface area contributed by atoms with Crippen LogP contribution in [0.1, 0.15) is 63.7 Å². The first-order chi connectivity index (χ1) is 19.6. The van der Waals surface area contributed by atoms with Crippen LogP contribution in [0.4, 0.5) is 11.4 Å². The first-order valence-electron chi connectivity index (χ1n) is 11.9. The van der Waals surface area contributed by atoms with Gasteiger partial charge in [-0.3, -0.25) is 19.2 Å². The van der Waals surface area contributed by atoms with E-state index in [1.807, 2.05) is 0 Å². The zero-order valence-electron chi connectivity index (χ0n) is 20.8. The van der Waals surface area contributed by atoms with Gasteiger partial charge in [-0.1, -0.05) is 48.5 Å². The highest BCUT2D eigenvalue weighted by Crippen LogP contribution is 2.46. The molecular formula is C28H14N2O10S2-2. The molecule has 4 aromatic carbocycles. The normalized spacial score (nSPS) is 14.2. The minimum absolute atomic E-state index is 0.137. The zero-order valence-corrected chi connectivity index (χ0v) is 22.5. The van der Waals surface area contributed by atoms with Gasteiger partial charge in [0.05, 0.1) is 32.3 Å². The van der Waals surface area contributed by atoms with E-state index in [4.69, 9.17) is 11.5 Å². The van der Waals surface area contributed by atoms with E-state index < -0.39 is 97.9 Å². The number of hydrogen-bond donors (Lipinski definition) is 2. The van der Waals surface area contributed by atoms with Crippen molar-refractivity contribution in [2.75, 3.05) is 11.5 Å². The predicted molar refractivity (Wildman–Crippen MR) is 143 cm³/mol. The summed E-state index contributed by atoms with van der Waals surface area (Å²) >= 11 is 0. The van der Waals surface area contributed by atoms with Crippen molar-refractivity contribution < 1.29 is 45.1 Å². The summed E-state index contributed by atoms with van der Waals surface area (Å²) in [5.74, 6) is -3.64. The maximum absolute atomic E-state index is 13.8. The summed E-state index contributed by atoms with van der Waals surface area (Å²) < 4.78 is 73.7. The van der Waals surface area contributed by atoms with Crippen LogP contribution in [-0.4, -0.2) is 49.1 Å². The number of fused-ring (bicyclic) bond motifs is 4. The molecule has 0 aromatic heterocycles. The van der Waals surface area contributed by atoms with Crippen LogP contribution in [0.2, 0.25) is 0 Å². The van der Waals surface area contributed by atoms with Crippen molar-refractivity contribution in [3.63, 3.8) is 0 Å². The Hall–Kier alpha value is -5.02. The van der Waals surface area contributed by atoms with E-state index in [0.29, 0.717) is 12.1 Å². The summed E-state index contributed by atoms with van der Waals surface area (Å²) in [5, 5.41) is 0. The van der Waals surface area contributed by atoms with E-state index in [2.05, 4.69) is 0 Å². The monoisotopic (exact) mass is 602 g/mol. The molecule has 0 fully saturated rings. The fourth-order valence-corrected chi connectivity index (χ4v) is 6.69. The second-order valence-electron chi connectivity index (χ2n) is 9.49. The maximum atomic E-state index is 13.8. The second kappa shape index (κ2) is 8.74.